The lowest BCUT2D eigenvalue weighted by atomic mass is 10.1. The number of nitrogens with two attached hydrogens (primary N) is 1. The van der Waals surface area contributed by atoms with Gasteiger partial charge in [0.1, 0.15) is 20.8 Å². The first-order valence-corrected chi connectivity index (χ1v) is 8.50. The summed E-state index contributed by atoms with van der Waals surface area (Å²) in [5, 5.41) is 19.1. The molecule has 8 heteroatoms. The fourth-order valence-electron chi connectivity index (χ4n) is 2.21. The minimum absolute atomic E-state index is 0.0168. The molecular weight excluding hydrogens is 286 g/mol. The Hall–Kier alpha value is -1.30. The maximum Gasteiger partial charge on any atom is 0.180 e. The molecule has 1 saturated heterocycles. The Morgan fingerprint density at radius 3 is 2.79 bits per heavy atom. The standard InChI is InChI=1S/C11H15N3O3S2/c1-19(16,17)10-9(13)8(5-12)18-11(10)14-4-2-3-7(15)6-14/h7,15H,2-4,6,13H2,1H3. The molecule has 104 valence electrons. The zero-order valence-electron chi connectivity index (χ0n) is 10.5. The number of aliphatic hydroxyl groups excluding tert-OH is 1. The highest BCUT2D eigenvalue weighted by atomic mass is 32.2. The largest absolute Gasteiger partial charge is 0.396 e. The van der Waals surface area contributed by atoms with Gasteiger partial charge in [-0.25, -0.2) is 8.42 Å². The molecule has 1 aliphatic rings. The van der Waals surface area contributed by atoms with E-state index in [1.165, 1.54) is 0 Å². The third-order valence-electron chi connectivity index (χ3n) is 3.04. The highest BCUT2D eigenvalue weighted by Gasteiger charge is 2.29. The van der Waals surface area contributed by atoms with Crippen molar-refractivity contribution in [3.63, 3.8) is 0 Å². The van der Waals surface area contributed by atoms with Gasteiger partial charge in [-0.05, 0) is 12.8 Å². The number of nitrogens with zero attached hydrogens (tertiary/aromatic N) is 2. The van der Waals surface area contributed by atoms with E-state index >= 15 is 0 Å². The Morgan fingerprint density at radius 2 is 2.26 bits per heavy atom. The SMILES string of the molecule is CS(=O)(=O)c1c(N2CCCC(O)C2)sc(C#N)c1N. The van der Waals surface area contributed by atoms with E-state index in [1.807, 2.05) is 6.07 Å². The third-order valence-corrected chi connectivity index (χ3v) is 5.49. The number of sulfone groups is 1. The van der Waals surface area contributed by atoms with Gasteiger partial charge in [-0.2, -0.15) is 5.26 Å². The molecule has 0 spiro atoms. The van der Waals surface area contributed by atoms with Crippen LogP contribution in [-0.2, 0) is 9.84 Å². The Morgan fingerprint density at radius 1 is 1.58 bits per heavy atom. The zero-order valence-corrected chi connectivity index (χ0v) is 12.1. The summed E-state index contributed by atoms with van der Waals surface area (Å²) in [5.74, 6) is 0. The normalized spacial score (nSPS) is 20.3. The first-order valence-electron chi connectivity index (χ1n) is 5.80. The van der Waals surface area contributed by atoms with E-state index in [0.717, 1.165) is 24.0 Å². The van der Waals surface area contributed by atoms with Crippen molar-refractivity contribution in [1.29, 1.82) is 5.26 Å². The minimum Gasteiger partial charge on any atom is -0.396 e. The average molecular weight is 301 g/mol. The van der Waals surface area contributed by atoms with Crippen molar-refractivity contribution in [2.45, 2.75) is 23.8 Å². The van der Waals surface area contributed by atoms with E-state index in [-0.39, 0.29) is 15.5 Å². The number of piperidine rings is 1. The van der Waals surface area contributed by atoms with Crippen LogP contribution in [-0.4, -0.2) is 39.0 Å². The zero-order chi connectivity index (χ0) is 14.2. The summed E-state index contributed by atoms with van der Waals surface area (Å²) in [4.78, 5) is 2.02. The van der Waals surface area contributed by atoms with Crippen LogP contribution >= 0.6 is 11.3 Å². The second kappa shape index (κ2) is 5.00. The molecule has 1 unspecified atom stereocenters. The number of nitriles is 1. The highest BCUT2D eigenvalue weighted by molar-refractivity contribution is 7.91. The van der Waals surface area contributed by atoms with Crippen LogP contribution in [0.3, 0.4) is 0 Å². The van der Waals surface area contributed by atoms with Gasteiger partial charge in [0.15, 0.2) is 9.84 Å². The molecule has 0 aliphatic carbocycles. The molecule has 3 N–H and O–H groups in total. The van der Waals surface area contributed by atoms with Gasteiger partial charge in [0.05, 0.1) is 11.8 Å². The van der Waals surface area contributed by atoms with E-state index in [2.05, 4.69) is 0 Å². The third kappa shape index (κ3) is 2.68. The summed E-state index contributed by atoms with van der Waals surface area (Å²) in [6.45, 7) is 1.03. The molecule has 19 heavy (non-hydrogen) atoms. The van der Waals surface area contributed by atoms with Gasteiger partial charge in [0.2, 0.25) is 0 Å². The number of hydrogen-bond donors (Lipinski definition) is 2. The van der Waals surface area contributed by atoms with Gasteiger partial charge in [-0.15, -0.1) is 11.3 Å². The maximum absolute atomic E-state index is 11.9. The van der Waals surface area contributed by atoms with Crippen LogP contribution in [0.4, 0.5) is 10.7 Å². The van der Waals surface area contributed by atoms with Crippen LogP contribution in [0.25, 0.3) is 0 Å². The van der Waals surface area contributed by atoms with E-state index in [9.17, 15) is 13.5 Å². The molecule has 1 atom stereocenters. The lowest BCUT2D eigenvalue weighted by Gasteiger charge is -2.31. The average Bonchev–Trinajstić information content (AvgIpc) is 2.66. The Labute approximate surface area is 116 Å². The number of rotatable bonds is 2. The molecule has 0 saturated carbocycles. The maximum atomic E-state index is 11.9. The second-order valence-corrected chi connectivity index (χ2v) is 7.56. The Kier molecular flexibility index (Phi) is 3.71. The summed E-state index contributed by atoms with van der Waals surface area (Å²) in [7, 11) is -3.51. The summed E-state index contributed by atoms with van der Waals surface area (Å²) < 4.78 is 23.7. The number of thiophene rings is 1. The van der Waals surface area contributed by atoms with Crippen molar-refractivity contribution >= 4 is 31.9 Å². The topological polar surface area (TPSA) is 107 Å². The molecule has 2 rings (SSSR count). The van der Waals surface area contributed by atoms with Gasteiger partial charge in [0, 0.05) is 19.3 Å². The first kappa shape index (κ1) is 14.1. The molecule has 6 nitrogen and oxygen atoms in total. The molecule has 0 amide bonds. The minimum atomic E-state index is -3.51. The Bertz CT molecular complexity index is 630. The van der Waals surface area contributed by atoms with Gasteiger partial charge < -0.3 is 15.7 Å². The number of hydrogen-bond acceptors (Lipinski definition) is 7. The van der Waals surface area contributed by atoms with E-state index < -0.39 is 15.9 Å². The summed E-state index contributed by atoms with van der Waals surface area (Å²) >= 11 is 1.07. The molecule has 2 heterocycles. The predicted molar refractivity (Wildman–Crippen MR) is 74.0 cm³/mol. The summed E-state index contributed by atoms with van der Waals surface area (Å²) in [6, 6.07) is 1.92. The molecule has 1 aliphatic heterocycles. The van der Waals surface area contributed by atoms with Crippen LogP contribution in [0.5, 0.6) is 0 Å². The van der Waals surface area contributed by atoms with Gasteiger partial charge in [-0.3, -0.25) is 0 Å². The fraction of sp³-hybridized carbons (Fsp3) is 0.545. The molecule has 0 aromatic carbocycles. The van der Waals surface area contributed by atoms with Crippen LogP contribution < -0.4 is 10.6 Å². The van der Waals surface area contributed by atoms with Gasteiger partial charge >= 0.3 is 0 Å². The predicted octanol–water partition coefficient (Wildman–Crippen LogP) is 0.567. The monoisotopic (exact) mass is 301 g/mol. The van der Waals surface area contributed by atoms with Crippen molar-refractivity contribution in [2.24, 2.45) is 0 Å². The van der Waals surface area contributed by atoms with Crippen molar-refractivity contribution in [3.8, 4) is 6.07 Å². The lowest BCUT2D eigenvalue weighted by molar-refractivity contribution is 0.154. The van der Waals surface area contributed by atoms with Gasteiger partial charge in [0.25, 0.3) is 0 Å². The molecule has 1 aromatic heterocycles. The van der Waals surface area contributed by atoms with Crippen molar-refractivity contribution in [2.75, 3.05) is 30.0 Å². The molecule has 1 fully saturated rings. The molecular formula is C11H15N3O3S2. The number of aliphatic hydroxyl groups is 1. The van der Waals surface area contributed by atoms with Crippen LogP contribution in [0.2, 0.25) is 0 Å². The van der Waals surface area contributed by atoms with Crippen LogP contribution in [0.15, 0.2) is 4.90 Å². The van der Waals surface area contributed by atoms with E-state index in [0.29, 0.717) is 24.5 Å². The number of β-amino-alcohol motifs (C(OH)–C–C–N with tert-alkyl or cyclic N) is 1. The van der Waals surface area contributed by atoms with Crippen LogP contribution in [0.1, 0.15) is 17.7 Å². The Balaban J connectivity index is 2.54. The smallest absolute Gasteiger partial charge is 0.180 e. The summed E-state index contributed by atoms with van der Waals surface area (Å²) in [6.07, 6.45) is 2.09. The molecule has 0 bridgehead atoms. The highest BCUT2D eigenvalue weighted by Crippen LogP contribution is 2.41. The quantitative estimate of drug-likeness (QED) is 0.826. The van der Waals surface area contributed by atoms with Crippen molar-refractivity contribution in [1.82, 2.24) is 0 Å². The van der Waals surface area contributed by atoms with Crippen LogP contribution in [0, 0.1) is 11.3 Å². The van der Waals surface area contributed by atoms with E-state index in [4.69, 9.17) is 11.0 Å². The van der Waals surface area contributed by atoms with Crippen molar-refractivity contribution < 1.29 is 13.5 Å². The van der Waals surface area contributed by atoms with Gasteiger partial charge in [-0.1, -0.05) is 0 Å². The number of anilines is 2. The van der Waals surface area contributed by atoms with Crippen molar-refractivity contribution in [3.05, 3.63) is 4.88 Å². The van der Waals surface area contributed by atoms with E-state index in [1.54, 1.807) is 4.90 Å². The first-order chi connectivity index (χ1) is 8.84. The fourth-order valence-corrected chi connectivity index (χ4v) is 4.75. The molecule has 1 aromatic rings. The number of nitrogen functional groups attached to an aromatic ring is 1. The second-order valence-electron chi connectivity index (χ2n) is 4.61. The lowest BCUT2D eigenvalue weighted by Crippen LogP contribution is -2.38. The summed E-state index contributed by atoms with van der Waals surface area (Å²) in [5.41, 5.74) is 5.78. The molecule has 0 radical (unpaired) electrons.